The van der Waals surface area contributed by atoms with E-state index in [1.165, 1.54) is 4.31 Å². The van der Waals surface area contributed by atoms with E-state index < -0.39 is 22.0 Å². The number of ether oxygens (including phenoxy) is 1. The van der Waals surface area contributed by atoms with Crippen LogP contribution in [0.1, 0.15) is 31.9 Å². The molecule has 0 radical (unpaired) electrons. The zero-order valence-electron chi connectivity index (χ0n) is 19.5. The van der Waals surface area contributed by atoms with Crippen molar-refractivity contribution in [2.24, 2.45) is 0 Å². The van der Waals surface area contributed by atoms with Crippen LogP contribution < -0.4 is 14.4 Å². The van der Waals surface area contributed by atoms with Gasteiger partial charge in [-0.15, -0.1) is 0 Å². The summed E-state index contributed by atoms with van der Waals surface area (Å²) < 4.78 is 34.6. The minimum atomic E-state index is -3.94. The lowest BCUT2D eigenvalue weighted by Crippen LogP contribution is -2.49. The van der Waals surface area contributed by atoms with Crippen molar-refractivity contribution < 1.29 is 17.9 Å². The van der Waals surface area contributed by atoms with Crippen molar-refractivity contribution in [2.45, 2.75) is 44.1 Å². The summed E-state index contributed by atoms with van der Waals surface area (Å²) in [6, 6.07) is 18.8. The van der Waals surface area contributed by atoms with Crippen molar-refractivity contribution in [3.63, 3.8) is 0 Å². The van der Waals surface area contributed by atoms with E-state index in [0.29, 0.717) is 22.1 Å². The predicted molar refractivity (Wildman–Crippen MR) is 135 cm³/mol. The molecule has 1 aliphatic heterocycles. The quantitative estimate of drug-likeness (QED) is 0.512. The molecule has 3 aromatic rings. The molecule has 6 nitrogen and oxygen atoms in total. The molecule has 3 aromatic carbocycles. The SMILES string of the molecule is Cc1ccc(Cl)cc1NC(=O)[C@@H]1CN(S(=O)(=O)c2ccccc2)c2cc(C(C)(C)C)ccc2O1. The van der Waals surface area contributed by atoms with Crippen molar-refractivity contribution in [3.8, 4) is 5.75 Å². The van der Waals surface area contributed by atoms with Gasteiger partial charge in [-0.3, -0.25) is 9.10 Å². The average molecular weight is 499 g/mol. The van der Waals surface area contributed by atoms with E-state index in [1.807, 2.05) is 19.1 Å². The Morgan fingerprint density at radius 2 is 1.76 bits per heavy atom. The van der Waals surface area contributed by atoms with E-state index >= 15 is 0 Å². The maximum Gasteiger partial charge on any atom is 0.267 e. The van der Waals surface area contributed by atoms with Crippen LogP contribution in [-0.2, 0) is 20.2 Å². The molecule has 0 aliphatic carbocycles. The van der Waals surface area contributed by atoms with Crippen LogP contribution in [0.2, 0.25) is 5.02 Å². The van der Waals surface area contributed by atoms with Gasteiger partial charge in [-0.25, -0.2) is 8.42 Å². The van der Waals surface area contributed by atoms with Gasteiger partial charge in [-0.1, -0.05) is 62.7 Å². The van der Waals surface area contributed by atoms with Gasteiger partial charge in [0.1, 0.15) is 5.75 Å². The Bertz CT molecular complexity index is 1330. The van der Waals surface area contributed by atoms with Crippen molar-refractivity contribution in [1.29, 1.82) is 0 Å². The van der Waals surface area contributed by atoms with Gasteiger partial charge in [0.2, 0.25) is 0 Å². The second kappa shape index (κ2) is 8.96. The van der Waals surface area contributed by atoms with Crippen LogP contribution in [0.25, 0.3) is 0 Å². The highest BCUT2D eigenvalue weighted by atomic mass is 35.5. The zero-order valence-corrected chi connectivity index (χ0v) is 21.1. The number of benzene rings is 3. The number of nitrogens with zero attached hydrogens (tertiary/aromatic N) is 1. The van der Waals surface area contributed by atoms with Gasteiger partial charge in [-0.2, -0.15) is 0 Å². The van der Waals surface area contributed by atoms with Crippen LogP contribution in [0.5, 0.6) is 5.75 Å². The normalized spacial score (nSPS) is 15.9. The number of rotatable bonds is 4. The standard InChI is InChI=1S/C26H27ClN2O4S/c1-17-10-12-19(27)15-21(17)28-25(30)24-16-29(34(31,32)20-8-6-5-7-9-20)22-14-18(26(2,3)4)11-13-23(22)33-24/h5-15,24H,16H2,1-4H3,(H,28,30)/t24-/m0/s1. The second-order valence-electron chi connectivity index (χ2n) is 9.34. The summed E-state index contributed by atoms with van der Waals surface area (Å²) >= 11 is 6.09. The third-order valence-corrected chi connectivity index (χ3v) is 7.80. The van der Waals surface area contributed by atoms with E-state index in [-0.39, 0.29) is 16.9 Å². The lowest BCUT2D eigenvalue weighted by molar-refractivity contribution is -0.122. The molecule has 0 aromatic heterocycles. The first kappa shape index (κ1) is 24.1. The summed E-state index contributed by atoms with van der Waals surface area (Å²) in [6.45, 7) is 7.85. The molecule has 1 atom stereocenters. The summed E-state index contributed by atoms with van der Waals surface area (Å²) in [4.78, 5) is 13.3. The van der Waals surface area contributed by atoms with Crippen LogP contribution in [-0.4, -0.2) is 27.0 Å². The first-order valence-corrected chi connectivity index (χ1v) is 12.7. The van der Waals surface area contributed by atoms with Gasteiger partial charge in [0, 0.05) is 10.7 Å². The zero-order chi connectivity index (χ0) is 24.7. The van der Waals surface area contributed by atoms with Gasteiger partial charge >= 0.3 is 0 Å². The van der Waals surface area contributed by atoms with E-state index in [4.69, 9.17) is 16.3 Å². The first-order chi connectivity index (χ1) is 16.0. The number of halogens is 1. The van der Waals surface area contributed by atoms with Crippen LogP contribution in [0.4, 0.5) is 11.4 Å². The number of hydrogen-bond acceptors (Lipinski definition) is 4. The monoisotopic (exact) mass is 498 g/mol. The number of hydrogen-bond donors (Lipinski definition) is 1. The van der Waals surface area contributed by atoms with Gasteiger partial charge in [0.05, 0.1) is 17.1 Å². The van der Waals surface area contributed by atoms with Gasteiger partial charge < -0.3 is 10.1 Å². The highest BCUT2D eigenvalue weighted by Gasteiger charge is 2.38. The molecule has 8 heteroatoms. The molecule has 0 unspecified atom stereocenters. The topological polar surface area (TPSA) is 75.7 Å². The fourth-order valence-corrected chi connectivity index (χ4v) is 5.40. The lowest BCUT2D eigenvalue weighted by atomic mass is 9.86. The molecule has 1 N–H and O–H groups in total. The predicted octanol–water partition coefficient (Wildman–Crippen LogP) is 5.54. The number of fused-ring (bicyclic) bond motifs is 1. The van der Waals surface area contributed by atoms with Gasteiger partial charge in [0.15, 0.2) is 6.10 Å². The maximum atomic E-state index is 13.7. The minimum absolute atomic E-state index is 0.147. The smallest absolute Gasteiger partial charge is 0.267 e. The van der Waals surface area contributed by atoms with Crippen LogP contribution in [0.3, 0.4) is 0 Å². The molecule has 0 saturated heterocycles. The van der Waals surface area contributed by atoms with Crippen molar-refractivity contribution in [1.82, 2.24) is 0 Å². The van der Waals surface area contributed by atoms with Crippen LogP contribution in [0, 0.1) is 6.92 Å². The Morgan fingerprint density at radius 3 is 2.44 bits per heavy atom. The fraction of sp³-hybridized carbons (Fsp3) is 0.269. The Labute approximate surface area is 205 Å². The summed E-state index contributed by atoms with van der Waals surface area (Å²) in [5.41, 5.74) is 2.56. The summed E-state index contributed by atoms with van der Waals surface area (Å²) in [5.74, 6) is -0.120. The molecule has 0 saturated carbocycles. The summed E-state index contributed by atoms with van der Waals surface area (Å²) in [6.07, 6.45) is -1.05. The van der Waals surface area contributed by atoms with E-state index in [0.717, 1.165) is 11.1 Å². The molecule has 0 spiro atoms. The highest BCUT2D eigenvalue weighted by molar-refractivity contribution is 7.92. The number of anilines is 2. The molecule has 178 valence electrons. The number of aryl methyl sites for hydroxylation is 1. The molecule has 1 aliphatic rings. The van der Waals surface area contributed by atoms with E-state index in [1.54, 1.807) is 54.6 Å². The van der Waals surface area contributed by atoms with E-state index in [9.17, 15) is 13.2 Å². The molecule has 1 amide bonds. The average Bonchev–Trinajstić information content (AvgIpc) is 2.80. The number of nitrogens with one attached hydrogen (secondary N) is 1. The number of sulfonamides is 1. The van der Waals surface area contributed by atoms with Crippen molar-refractivity contribution in [3.05, 3.63) is 82.9 Å². The fourth-order valence-electron chi connectivity index (χ4n) is 3.74. The number of carbonyl (C=O) groups is 1. The molecular weight excluding hydrogens is 472 g/mol. The van der Waals surface area contributed by atoms with Gasteiger partial charge in [-0.05, 0) is 59.9 Å². The molecule has 1 heterocycles. The number of amides is 1. The Balaban J connectivity index is 1.75. The third-order valence-electron chi connectivity index (χ3n) is 5.78. The Morgan fingerprint density at radius 1 is 1.06 bits per heavy atom. The highest BCUT2D eigenvalue weighted by Crippen LogP contribution is 2.40. The summed E-state index contributed by atoms with van der Waals surface area (Å²) in [5, 5.41) is 3.31. The van der Waals surface area contributed by atoms with E-state index in [2.05, 4.69) is 26.1 Å². The molecular formula is C26H27ClN2O4S. The third kappa shape index (κ3) is 4.76. The van der Waals surface area contributed by atoms with Gasteiger partial charge in [0.25, 0.3) is 15.9 Å². The molecule has 4 rings (SSSR count). The number of carbonyl (C=O) groups excluding carboxylic acids is 1. The molecule has 0 bridgehead atoms. The molecule has 34 heavy (non-hydrogen) atoms. The largest absolute Gasteiger partial charge is 0.476 e. The first-order valence-electron chi connectivity index (χ1n) is 10.9. The second-order valence-corrected chi connectivity index (χ2v) is 11.6. The van der Waals surface area contributed by atoms with Crippen molar-refractivity contribution in [2.75, 3.05) is 16.2 Å². The van der Waals surface area contributed by atoms with Crippen molar-refractivity contribution >= 4 is 38.9 Å². The molecule has 0 fully saturated rings. The minimum Gasteiger partial charge on any atom is -0.476 e. The summed E-state index contributed by atoms with van der Waals surface area (Å²) in [7, 11) is -3.94. The van der Waals surface area contributed by atoms with Crippen LogP contribution >= 0.6 is 11.6 Å². The Kier molecular flexibility index (Phi) is 6.36. The Hall–Kier alpha value is -3.03. The maximum absolute atomic E-state index is 13.7. The lowest BCUT2D eigenvalue weighted by Gasteiger charge is -2.36. The van der Waals surface area contributed by atoms with Crippen LogP contribution in [0.15, 0.2) is 71.6 Å².